The van der Waals surface area contributed by atoms with Gasteiger partial charge >= 0.3 is 0 Å². The largest absolute Gasteiger partial charge is 0.436 e. The summed E-state index contributed by atoms with van der Waals surface area (Å²) in [4.78, 5) is 33.0. The van der Waals surface area contributed by atoms with Crippen molar-refractivity contribution >= 4 is 23.4 Å². The van der Waals surface area contributed by atoms with Crippen LogP contribution in [-0.4, -0.2) is 66.4 Å². The van der Waals surface area contributed by atoms with Gasteiger partial charge in [0.15, 0.2) is 5.75 Å². The number of rotatable bonds is 5. The van der Waals surface area contributed by atoms with Crippen molar-refractivity contribution < 1.29 is 14.3 Å². The van der Waals surface area contributed by atoms with Crippen LogP contribution in [0.5, 0.6) is 11.6 Å². The third-order valence-corrected chi connectivity index (χ3v) is 4.93. The fourth-order valence-electron chi connectivity index (χ4n) is 2.91. The molecule has 1 aromatic carbocycles. The van der Waals surface area contributed by atoms with E-state index in [-0.39, 0.29) is 23.9 Å². The first-order chi connectivity index (χ1) is 13.5. The van der Waals surface area contributed by atoms with E-state index < -0.39 is 5.91 Å². The van der Waals surface area contributed by atoms with E-state index in [1.807, 2.05) is 26.1 Å². The summed E-state index contributed by atoms with van der Waals surface area (Å²) in [7, 11) is 2.02. The number of para-hydroxylation sites is 1. The summed E-state index contributed by atoms with van der Waals surface area (Å²) in [6, 6.07) is 8.63. The summed E-state index contributed by atoms with van der Waals surface area (Å²) in [6.45, 7) is 4.78. The van der Waals surface area contributed by atoms with Crippen molar-refractivity contribution in [2.24, 2.45) is 0 Å². The van der Waals surface area contributed by atoms with Crippen LogP contribution in [0.1, 0.15) is 15.9 Å². The van der Waals surface area contributed by atoms with Crippen LogP contribution >= 0.6 is 11.6 Å². The number of aryl methyl sites for hydroxylation is 1. The number of ether oxygens (including phenoxy) is 1. The minimum absolute atomic E-state index is 0.0675. The number of piperazine rings is 1. The maximum atomic E-state index is 12.6. The number of nitrogens with one attached hydrogen (secondary N) is 1. The Morgan fingerprint density at radius 2 is 1.93 bits per heavy atom. The lowest BCUT2D eigenvalue weighted by atomic mass is 10.2. The lowest BCUT2D eigenvalue weighted by molar-refractivity contribution is -0.131. The molecule has 148 valence electrons. The molecule has 0 spiro atoms. The molecule has 0 radical (unpaired) electrons. The third-order valence-electron chi connectivity index (χ3n) is 4.63. The zero-order valence-corrected chi connectivity index (χ0v) is 16.7. The number of aromatic nitrogens is 1. The van der Waals surface area contributed by atoms with Crippen LogP contribution in [0.2, 0.25) is 5.02 Å². The van der Waals surface area contributed by atoms with Crippen molar-refractivity contribution in [2.45, 2.75) is 6.92 Å². The molecule has 1 aliphatic rings. The van der Waals surface area contributed by atoms with Crippen molar-refractivity contribution in [2.75, 3.05) is 39.8 Å². The van der Waals surface area contributed by atoms with Crippen LogP contribution in [0.15, 0.2) is 36.5 Å². The first-order valence-electron chi connectivity index (χ1n) is 9.08. The molecule has 0 unspecified atom stereocenters. The molecule has 2 amide bonds. The van der Waals surface area contributed by atoms with E-state index in [1.165, 1.54) is 6.20 Å². The number of carbonyl (C=O) groups is 2. The summed E-state index contributed by atoms with van der Waals surface area (Å²) >= 11 is 6.20. The number of benzene rings is 1. The van der Waals surface area contributed by atoms with E-state index >= 15 is 0 Å². The topological polar surface area (TPSA) is 74.8 Å². The number of hydrogen-bond acceptors (Lipinski definition) is 5. The van der Waals surface area contributed by atoms with Crippen molar-refractivity contribution in [1.82, 2.24) is 20.1 Å². The van der Waals surface area contributed by atoms with Crippen LogP contribution < -0.4 is 10.1 Å². The van der Waals surface area contributed by atoms with E-state index in [0.29, 0.717) is 23.9 Å². The standard InChI is InChI=1S/C20H23ClN4O3/c1-14-5-3-7-16(21)18(14)28-20-15(6-4-8-22-20)19(27)23-13-17(26)25-11-9-24(2)10-12-25/h3-8H,9-13H2,1-2H3,(H,23,27). The SMILES string of the molecule is Cc1cccc(Cl)c1Oc1ncccc1C(=O)NCC(=O)N1CCN(C)CC1. The molecule has 0 aliphatic carbocycles. The maximum Gasteiger partial charge on any atom is 0.257 e. The highest BCUT2D eigenvalue weighted by atomic mass is 35.5. The van der Waals surface area contributed by atoms with Crippen molar-refractivity contribution in [3.63, 3.8) is 0 Å². The number of halogens is 1. The molecule has 3 rings (SSSR count). The van der Waals surface area contributed by atoms with Crippen LogP contribution in [0.4, 0.5) is 0 Å². The molecule has 1 aliphatic heterocycles. The van der Waals surface area contributed by atoms with E-state index in [0.717, 1.165) is 18.7 Å². The Bertz CT molecular complexity index is 846. The van der Waals surface area contributed by atoms with Gasteiger partial charge in [-0.2, -0.15) is 0 Å². The molecular formula is C20H23ClN4O3. The normalized spacial score (nSPS) is 14.6. The third kappa shape index (κ3) is 4.79. The molecule has 1 saturated heterocycles. The lowest BCUT2D eigenvalue weighted by Gasteiger charge is -2.32. The van der Waals surface area contributed by atoms with Gasteiger partial charge in [-0.25, -0.2) is 4.98 Å². The number of pyridine rings is 1. The monoisotopic (exact) mass is 402 g/mol. The highest BCUT2D eigenvalue weighted by Gasteiger charge is 2.21. The molecule has 1 N–H and O–H groups in total. The van der Waals surface area contributed by atoms with Gasteiger partial charge in [0.05, 0.1) is 11.6 Å². The van der Waals surface area contributed by atoms with E-state index in [9.17, 15) is 9.59 Å². The van der Waals surface area contributed by atoms with E-state index in [1.54, 1.807) is 23.1 Å². The Balaban J connectivity index is 1.67. The Hall–Kier alpha value is -2.64. The van der Waals surface area contributed by atoms with Gasteiger partial charge in [0.1, 0.15) is 5.56 Å². The van der Waals surface area contributed by atoms with Crippen molar-refractivity contribution in [1.29, 1.82) is 0 Å². The molecule has 0 bridgehead atoms. The summed E-state index contributed by atoms with van der Waals surface area (Å²) in [5.41, 5.74) is 1.07. The molecule has 1 fully saturated rings. The van der Waals surface area contributed by atoms with Crippen molar-refractivity contribution in [3.8, 4) is 11.6 Å². The number of carbonyl (C=O) groups excluding carboxylic acids is 2. The molecular weight excluding hydrogens is 380 g/mol. The minimum atomic E-state index is -0.421. The summed E-state index contributed by atoms with van der Waals surface area (Å²) in [6.07, 6.45) is 1.54. The summed E-state index contributed by atoms with van der Waals surface area (Å²) in [5, 5.41) is 3.10. The van der Waals surface area contributed by atoms with Gasteiger partial charge in [-0.15, -0.1) is 0 Å². The number of nitrogens with zero attached hydrogens (tertiary/aromatic N) is 3. The number of hydrogen-bond donors (Lipinski definition) is 1. The van der Waals surface area contributed by atoms with Crippen LogP contribution in [-0.2, 0) is 4.79 Å². The molecule has 7 nitrogen and oxygen atoms in total. The highest BCUT2D eigenvalue weighted by molar-refractivity contribution is 6.32. The summed E-state index contributed by atoms with van der Waals surface area (Å²) in [5.74, 6) is 0.0683. The summed E-state index contributed by atoms with van der Waals surface area (Å²) < 4.78 is 5.82. The molecule has 0 saturated carbocycles. The second kappa shape index (κ2) is 9.03. The van der Waals surface area contributed by atoms with Gasteiger partial charge in [-0.3, -0.25) is 9.59 Å². The second-order valence-electron chi connectivity index (χ2n) is 6.71. The van der Waals surface area contributed by atoms with Crippen LogP contribution in [0.3, 0.4) is 0 Å². The molecule has 28 heavy (non-hydrogen) atoms. The van der Waals surface area contributed by atoms with Gasteiger partial charge in [-0.1, -0.05) is 23.7 Å². The molecule has 8 heteroatoms. The predicted octanol–water partition coefficient (Wildman–Crippen LogP) is 2.34. The number of amides is 2. The molecule has 1 aromatic heterocycles. The van der Waals surface area contributed by atoms with Gasteiger partial charge in [0.2, 0.25) is 11.8 Å². The zero-order chi connectivity index (χ0) is 20.1. The fourth-order valence-corrected chi connectivity index (χ4v) is 3.17. The van der Waals surface area contributed by atoms with Crippen LogP contribution in [0.25, 0.3) is 0 Å². The quantitative estimate of drug-likeness (QED) is 0.830. The fraction of sp³-hybridized carbons (Fsp3) is 0.350. The highest BCUT2D eigenvalue weighted by Crippen LogP contribution is 2.32. The average molecular weight is 403 g/mol. The molecule has 2 aromatic rings. The first kappa shape index (κ1) is 20.1. The Morgan fingerprint density at radius 3 is 2.64 bits per heavy atom. The molecule has 2 heterocycles. The smallest absolute Gasteiger partial charge is 0.257 e. The van der Waals surface area contributed by atoms with Gasteiger partial charge < -0.3 is 19.9 Å². The zero-order valence-electron chi connectivity index (χ0n) is 15.9. The van der Waals surface area contributed by atoms with Crippen LogP contribution in [0, 0.1) is 6.92 Å². The minimum Gasteiger partial charge on any atom is -0.436 e. The number of likely N-dealkylation sites (N-methyl/N-ethyl adjacent to an activating group) is 1. The van der Waals surface area contributed by atoms with Crippen molar-refractivity contribution in [3.05, 3.63) is 52.7 Å². The Labute approximate surface area is 169 Å². The average Bonchev–Trinajstić information content (AvgIpc) is 2.69. The second-order valence-corrected chi connectivity index (χ2v) is 7.12. The first-order valence-corrected chi connectivity index (χ1v) is 9.46. The van der Waals surface area contributed by atoms with Gasteiger partial charge in [0.25, 0.3) is 5.91 Å². The molecule has 0 atom stereocenters. The Kier molecular flexibility index (Phi) is 6.49. The van der Waals surface area contributed by atoms with Gasteiger partial charge in [0, 0.05) is 32.4 Å². The lowest BCUT2D eigenvalue weighted by Crippen LogP contribution is -2.50. The van der Waals surface area contributed by atoms with E-state index in [2.05, 4.69) is 15.2 Å². The predicted molar refractivity (Wildman–Crippen MR) is 107 cm³/mol. The Morgan fingerprint density at radius 1 is 1.18 bits per heavy atom. The van der Waals surface area contributed by atoms with Gasteiger partial charge in [-0.05, 0) is 37.7 Å². The maximum absolute atomic E-state index is 12.6. The van der Waals surface area contributed by atoms with E-state index in [4.69, 9.17) is 16.3 Å².